The first kappa shape index (κ1) is 11.8. The number of hydrogen-bond acceptors (Lipinski definition) is 1. The van der Waals surface area contributed by atoms with Gasteiger partial charge < -0.3 is 5.32 Å². The lowest BCUT2D eigenvalue weighted by Gasteiger charge is -2.28. The van der Waals surface area contributed by atoms with Crippen LogP contribution in [0.3, 0.4) is 0 Å². The Labute approximate surface area is 93.3 Å². The zero-order valence-corrected chi connectivity index (χ0v) is 9.84. The molecule has 0 aromatic rings. The van der Waals surface area contributed by atoms with Crippen LogP contribution in [0.25, 0.3) is 0 Å². The van der Waals surface area contributed by atoms with E-state index in [1.807, 2.05) is 13.0 Å². The molecule has 0 aromatic carbocycles. The van der Waals surface area contributed by atoms with E-state index in [-0.39, 0.29) is 0 Å². The zero-order valence-electron chi connectivity index (χ0n) is 9.84. The second-order valence-corrected chi connectivity index (χ2v) is 4.11. The van der Waals surface area contributed by atoms with E-state index in [1.54, 1.807) is 0 Å². The molecule has 0 spiro atoms. The fourth-order valence-electron chi connectivity index (χ4n) is 1.52. The van der Waals surface area contributed by atoms with Crippen molar-refractivity contribution in [1.82, 2.24) is 5.32 Å². The van der Waals surface area contributed by atoms with Gasteiger partial charge in [0.05, 0.1) is 0 Å². The summed E-state index contributed by atoms with van der Waals surface area (Å²) in [6.07, 6.45) is 9.91. The summed E-state index contributed by atoms with van der Waals surface area (Å²) in [6, 6.07) is 0. The minimum Gasteiger partial charge on any atom is -0.359 e. The molecule has 0 amide bonds. The standard InChI is InChI=1S/C14H21N/c1-5-11(3)10-14(6-2)15-12(4)13-8-7-9-13/h5-6,10,13,15H,2,4,7-9H2,1,3H3/b11-5-,14-10+. The highest BCUT2D eigenvalue weighted by molar-refractivity contribution is 5.29. The molecule has 1 rings (SSSR count). The minimum absolute atomic E-state index is 0.666. The van der Waals surface area contributed by atoms with E-state index in [2.05, 4.69) is 37.6 Å². The van der Waals surface area contributed by atoms with Gasteiger partial charge in [0.25, 0.3) is 0 Å². The van der Waals surface area contributed by atoms with Gasteiger partial charge in [-0.05, 0) is 44.8 Å². The molecule has 1 aliphatic carbocycles. The summed E-state index contributed by atoms with van der Waals surface area (Å²) in [6.45, 7) is 12.0. The average Bonchev–Trinajstić information content (AvgIpc) is 2.13. The Hall–Kier alpha value is -1.24. The molecule has 0 aliphatic heterocycles. The summed E-state index contributed by atoms with van der Waals surface area (Å²) in [5.41, 5.74) is 3.41. The highest BCUT2D eigenvalue weighted by Gasteiger charge is 2.20. The fraction of sp³-hybridized carbons (Fsp3) is 0.429. The quantitative estimate of drug-likeness (QED) is 0.668. The van der Waals surface area contributed by atoms with Crippen LogP contribution in [0.1, 0.15) is 33.1 Å². The molecule has 0 atom stereocenters. The Morgan fingerprint density at radius 1 is 1.40 bits per heavy atom. The van der Waals surface area contributed by atoms with E-state index in [4.69, 9.17) is 0 Å². The lowest BCUT2D eigenvalue weighted by molar-refractivity contribution is 0.356. The monoisotopic (exact) mass is 203 g/mol. The van der Waals surface area contributed by atoms with E-state index in [0.717, 1.165) is 11.4 Å². The molecule has 0 aromatic heterocycles. The SMILES string of the molecule is C=C/C(=C\C(C)=C/C)NC(=C)C1CCC1. The second kappa shape index (κ2) is 5.59. The Morgan fingerprint density at radius 2 is 2.07 bits per heavy atom. The van der Waals surface area contributed by atoms with E-state index >= 15 is 0 Å². The van der Waals surface area contributed by atoms with Crippen LogP contribution in [-0.4, -0.2) is 0 Å². The van der Waals surface area contributed by atoms with Crippen molar-refractivity contribution in [3.63, 3.8) is 0 Å². The van der Waals surface area contributed by atoms with Crippen LogP contribution in [-0.2, 0) is 0 Å². The molecule has 0 bridgehead atoms. The van der Waals surface area contributed by atoms with Crippen LogP contribution in [0.15, 0.2) is 48.4 Å². The number of nitrogens with one attached hydrogen (secondary N) is 1. The molecule has 1 aliphatic rings. The van der Waals surface area contributed by atoms with Gasteiger partial charge in [0.2, 0.25) is 0 Å². The van der Waals surface area contributed by atoms with Crippen molar-refractivity contribution < 1.29 is 0 Å². The number of allylic oxidation sites excluding steroid dienone is 5. The highest BCUT2D eigenvalue weighted by Crippen LogP contribution is 2.31. The van der Waals surface area contributed by atoms with Gasteiger partial charge >= 0.3 is 0 Å². The molecular weight excluding hydrogens is 182 g/mol. The third kappa shape index (κ3) is 3.43. The maximum atomic E-state index is 4.08. The third-order valence-electron chi connectivity index (χ3n) is 2.96. The van der Waals surface area contributed by atoms with Crippen LogP contribution in [0, 0.1) is 5.92 Å². The van der Waals surface area contributed by atoms with Gasteiger partial charge in [-0.2, -0.15) is 0 Å². The Kier molecular flexibility index (Phi) is 4.41. The van der Waals surface area contributed by atoms with Crippen LogP contribution in [0.5, 0.6) is 0 Å². The maximum Gasteiger partial charge on any atom is 0.0378 e. The van der Waals surface area contributed by atoms with Crippen molar-refractivity contribution in [2.45, 2.75) is 33.1 Å². The Balaban J connectivity index is 2.56. The van der Waals surface area contributed by atoms with E-state index in [1.165, 1.54) is 24.8 Å². The molecule has 0 radical (unpaired) electrons. The zero-order chi connectivity index (χ0) is 11.3. The first-order valence-electron chi connectivity index (χ1n) is 5.60. The van der Waals surface area contributed by atoms with Crippen molar-refractivity contribution in [1.29, 1.82) is 0 Å². The van der Waals surface area contributed by atoms with Crippen LogP contribution >= 0.6 is 0 Å². The molecule has 1 nitrogen and oxygen atoms in total. The average molecular weight is 203 g/mol. The van der Waals surface area contributed by atoms with Crippen molar-refractivity contribution >= 4 is 0 Å². The van der Waals surface area contributed by atoms with Crippen molar-refractivity contribution in [2.24, 2.45) is 5.92 Å². The summed E-state index contributed by atoms with van der Waals surface area (Å²) in [4.78, 5) is 0. The predicted octanol–water partition coefficient (Wildman–Crippen LogP) is 3.93. The molecule has 82 valence electrons. The molecule has 0 saturated heterocycles. The summed E-state index contributed by atoms with van der Waals surface area (Å²) >= 11 is 0. The van der Waals surface area contributed by atoms with Gasteiger partial charge in [0.15, 0.2) is 0 Å². The summed E-state index contributed by atoms with van der Waals surface area (Å²) in [5.74, 6) is 0.666. The van der Waals surface area contributed by atoms with Gasteiger partial charge in [-0.25, -0.2) is 0 Å². The topological polar surface area (TPSA) is 12.0 Å². The smallest absolute Gasteiger partial charge is 0.0378 e. The first-order valence-corrected chi connectivity index (χ1v) is 5.60. The van der Waals surface area contributed by atoms with Crippen LogP contribution < -0.4 is 5.32 Å². The van der Waals surface area contributed by atoms with Crippen molar-refractivity contribution in [2.75, 3.05) is 0 Å². The van der Waals surface area contributed by atoms with E-state index in [0.29, 0.717) is 5.92 Å². The first-order chi connectivity index (χ1) is 7.17. The molecular formula is C14H21N. The Morgan fingerprint density at radius 3 is 2.47 bits per heavy atom. The summed E-state index contributed by atoms with van der Waals surface area (Å²) < 4.78 is 0. The second-order valence-electron chi connectivity index (χ2n) is 4.11. The summed E-state index contributed by atoms with van der Waals surface area (Å²) in [5, 5.41) is 3.34. The Bertz CT molecular complexity index is 303. The van der Waals surface area contributed by atoms with Crippen molar-refractivity contribution in [3.8, 4) is 0 Å². The van der Waals surface area contributed by atoms with Gasteiger partial charge in [0.1, 0.15) is 0 Å². The minimum atomic E-state index is 0.666. The van der Waals surface area contributed by atoms with Gasteiger partial charge in [0, 0.05) is 11.4 Å². The van der Waals surface area contributed by atoms with Crippen molar-refractivity contribution in [3.05, 3.63) is 48.4 Å². The lowest BCUT2D eigenvalue weighted by atomic mass is 9.83. The van der Waals surface area contributed by atoms with Crippen LogP contribution in [0.4, 0.5) is 0 Å². The normalized spacial score (nSPS) is 18.3. The lowest BCUT2D eigenvalue weighted by Crippen LogP contribution is -2.23. The van der Waals surface area contributed by atoms with Gasteiger partial charge in [-0.3, -0.25) is 0 Å². The molecule has 0 heterocycles. The fourth-order valence-corrected chi connectivity index (χ4v) is 1.52. The number of hydrogen-bond donors (Lipinski definition) is 1. The molecule has 15 heavy (non-hydrogen) atoms. The van der Waals surface area contributed by atoms with E-state index in [9.17, 15) is 0 Å². The maximum absolute atomic E-state index is 4.08. The molecule has 1 saturated carbocycles. The molecule has 1 fully saturated rings. The summed E-state index contributed by atoms with van der Waals surface area (Å²) in [7, 11) is 0. The van der Waals surface area contributed by atoms with Gasteiger partial charge in [-0.15, -0.1) is 0 Å². The highest BCUT2D eigenvalue weighted by atomic mass is 14.9. The molecule has 1 heteroatoms. The molecule has 1 N–H and O–H groups in total. The largest absolute Gasteiger partial charge is 0.359 e. The predicted molar refractivity (Wildman–Crippen MR) is 67.3 cm³/mol. The third-order valence-corrected chi connectivity index (χ3v) is 2.96. The van der Waals surface area contributed by atoms with E-state index < -0.39 is 0 Å². The van der Waals surface area contributed by atoms with Gasteiger partial charge in [-0.1, -0.05) is 31.2 Å². The molecule has 0 unspecified atom stereocenters. The number of rotatable bonds is 5. The van der Waals surface area contributed by atoms with Crippen LogP contribution in [0.2, 0.25) is 0 Å².